The third kappa shape index (κ3) is 3.69. The Bertz CT molecular complexity index is 513. The van der Waals surface area contributed by atoms with Gasteiger partial charge in [-0.15, -0.1) is 0 Å². The van der Waals surface area contributed by atoms with Crippen LogP contribution in [0.1, 0.15) is 22.3 Å². The molecule has 0 saturated carbocycles. The number of hydrogen-bond donors (Lipinski definition) is 1. The van der Waals surface area contributed by atoms with Crippen molar-refractivity contribution in [2.75, 3.05) is 33.3 Å². The molecule has 1 N–H and O–H groups in total. The molecular weight excluding hydrogens is 311 g/mol. The molecule has 0 aliphatic carbocycles. The molecule has 116 valence electrons. The summed E-state index contributed by atoms with van der Waals surface area (Å²) >= 11 is 12.2. The van der Waals surface area contributed by atoms with E-state index in [4.69, 9.17) is 28.3 Å². The molecule has 1 aliphatic heterocycles. The topological polar surface area (TPSA) is 43.8 Å². The number of rotatable bonds is 3. The van der Waals surface area contributed by atoms with Gasteiger partial charge in [-0.3, -0.25) is 9.69 Å². The number of halogens is 2. The van der Waals surface area contributed by atoms with Gasteiger partial charge in [-0.05, 0) is 38.1 Å². The summed E-state index contributed by atoms with van der Waals surface area (Å²) in [5, 5.41) is 10.1. The minimum atomic E-state index is -0.0603. The summed E-state index contributed by atoms with van der Waals surface area (Å²) in [5.41, 5.74) is 1.30. The first-order valence-corrected chi connectivity index (χ1v) is 7.75. The summed E-state index contributed by atoms with van der Waals surface area (Å²) in [7, 11) is 2.02. The molecule has 1 aromatic rings. The zero-order chi connectivity index (χ0) is 15.6. The molecule has 4 nitrogen and oxygen atoms in total. The van der Waals surface area contributed by atoms with E-state index in [1.165, 1.54) is 0 Å². The largest absolute Gasteiger partial charge is 0.396 e. The van der Waals surface area contributed by atoms with Gasteiger partial charge in [-0.25, -0.2) is 0 Å². The molecule has 1 aliphatic rings. The number of benzene rings is 1. The van der Waals surface area contributed by atoms with Crippen LogP contribution in [0.3, 0.4) is 0 Å². The van der Waals surface area contributed by atoms with Gasteiger partial charge in [0.2, 0.25) is 0 Å². The van der Waals surface area contributed by atoms with Crippen molar-refractivity contribution in [3.05, 3.63) is 33.3 Å². The highest BCUT2D eigenvalue weighted by Gasteiger charge is 2.27. The quantitative estimate of drug-likeness (QED) is 0.925. The van der Waals surface area contributed by atoms with E-state index in [1.807, 2.05) is 14.0 Å². The van der Waals surface area contributed by atoms with E-state index < -0.39 is 0 Å². The van der Waals surface area contributed by atoms with Gasteiger partial charge in [0, 0.05) is 47.9 Å². The average molecular weight is 331 g/mol. The Morgan fingerprint density at radius 1 is 1.33 bits per heavy atom. The van der Waals surface area contributed by atoms with E-state index in [2.05, 4.69) is 4.90 Å². The zero-order valence-corrected chi connectivity index (χ0v) is 13.8. The molecule has 1 atom stereocenters. The first-order chi connectivity index (χ1) is 9.93. The summed E-state index contributed by atoms with van der Waals surface area (Å²) in [6.45, 7) is 4.02. The summed E-state index contributed by atoms with van der Waals surface area (Å²) in [6.07, 6.45) is 0.662. The molecule has 1 fully saturated rings. The Labute approximate surface area is 135 Å². The first-order valence-electron chi connectivity index (χ1n) is 7.00. The van der Waals surface area contributed by atoms with Crippen LogP contribution < -0.4 is 0 Å². The fraction of sp³-hybridized carbons (Fsp3) is 0.533. The third-order valence-corrected chi connectivity index (χ3v) is 4.84. The second-order valence-electron chi connectivity index (χ2n) is 5.46. The minimum absolute atomic E-state index is 0.0603. The van der Waals surface area contributed by atoms with Crippen LogP contribution in [0.4, 0.5) is 0 Å². The molecule has 1 saturated heterocycles. The zero-order valence-electron chi connectivity index (χ0n) is 12.3. The summed E-state index contributed by atoms with van der Waals surface area (Å²) < 4.78 is 0. The SMILES string of the molecule is Cc1c(Cl)cc(C(=O)N2CCN(C)[C@@H](CCO)C2)cc1Cl. The smallest absolute Gasteiger partial charge is 0.254 e. The first kappa shape index (κ1) is 16.6. The van der Waals surface area contributed by atoms with Gasteiger partial charge >= 0.3 is 0 Å². The molecule has 1 amide bonds. The fourth-order valence-corrected chi connectivity index (χ4v) is 3.03. The third-order valence-electron chi connectivity index (χ3n) is 4.05. The van der Waals surface area contributed by atoms with E-state index in [1.54, 1.807) is 17.0 Å². The molecule has 6 heteroatoms. The number of aliphatic hydroxyl groups is 1. The van der Waals surface area contributed by atoms with Crippen molar-refractivity contribution in [2.45, 2.75) is 19.4 Å². The highest BCUT2D eigenvalue weighted by atomic mass is 35.5. The van der Waals surface area contributed by atoms with Gasteiger partial charge in [0.1, 0.15) is 0 Å². The maximum absolute atomic E-state index is 12.6. The molecule has 21 heavy (non-hydrogen) atoms. The highest BCUT2D eigenvalue weighted by molar-refractivity contribution is 6.36. The average Bonchev–Trinajstić information content (AvgIpc) is 2.46. The van der Waals surface area contributed by atoms with E-state index in [0.717, 1.165) is 12.1 Å². The van der Waals surface area contributed by atoms with Crippen molar-refractivity contribution in [1.82, 2.24) is 9.80 Å². The van der Waals surface area contributed by atoms with Crippen LogP contribution in [0.15, 0.2) is 12.1 Å². The number of aliphatic hydroxyl groups excluding tert-OH is 1. The minimum Gasteiger partial charge on any atom is -0.396 e. The number of carbonyl (C=O) groups is 1. The Kier molecular flexibility index (Phi) is 5.49. The lowest BCUT2D eigenvalue weighted by molar-refractivity contribution is 0.0500. The van der Waals surface area contributed by atoms with Crippen molar-refractivity contribution < 1.29 is 9.90 Å². The number of nitrogens with zero attached hydrogens (tertiary/aromatic N) is 2. The van der Waals surface area contributed by atoms with Crippen LogP contribution in [0, 0.1) is 6.92 Å². The number of piperazine rings is 1. The highest BCUT2D eigenvalue weighted by Crippen LogP contribution is 2.26. The van der Waals surface area contributed by atoms with Crippen LogP contribution in [0.2, 0.25) is 10.0 Å². The fourth-order valence-electron chi connectivity index (χ4n) is 2.54. The lowest BCUT2D eigenvalue weighted by Gasteiger charge is -2.39. The summed E-state index contributed by atoms with van der Waals surface area (Å²) in [4.78, 5) is 16.6. The lowest BCUT2D eigenvalue weighted by atomic mass is 10.1. The van der Waals surface area contributed by atoms with Crippen molar-refractivity contribution in [2.24, 2.45) is 0 Å². The second kappa shape index (κ2) is 6.97. The van der Waals surface area contributed by atoms with E-state index in [9.17, 15) is 4.79 Å². The van der Waals surface area contributed by atoms with Crippen LogP contribution >= 0.6 is 23.2 Å². The van der Waals surface area contributed by atoms with E-state index in [-0.39, 0.29) is 18.6 Å². The molecule has 0 bridgehead atoms. The van der Waals surface area contributed by atoms with Crippen molar-refractivity contribution in [3.63, 3.8) is 0 Å². The van der Waals surface area contributed by atoms with Crippen molar-refractivity contribution >= 4 is 29.1 Å². The van der Waals surface area contributed by atoms with Crippen LogP contribution in [0.5, 0.6) is 0 Å². The van der Waals surface area contributed by atoms with Crippen molar-refractivity contribution in [1.29, 1.82) is 0 Å². The number of hydrogen-bond acceptors (Lipinski definition) is 3. The Hall–Kier alpha value is -0.810. The van der Waals surface area contributed by atoms with Gasteiger partial charge in [0.05, 0.1) is 0 Å². The molecule has 0 radical (unpaired) electrons. The molecule has 2 rings (SSSR count). The predicted molar refractivity (Wildman–Crippen MR) is 85.2 cm³/mol. The molecule has 0 aromatic heterocycles. The van der Waals surface area contributed by atoms with Gasteiger partial charge < -0.3 is 10.0 Å². The van der Waals surface area contributed by atoms with Crippen LogP contribution in [0.25, 0.3) is 0 Å². The van der Waals surface area contributed by atoms with E-state index >= 15 is 0 Å². The number of likely N-dealkylation sites (N-methyl/N-ethyl adjacent to an activating group) is 1. The van der Waals surface area contributed by atoms with Crippen LogP contribution in [-0.2, 0) is 0 Å². The molecule has 0 spiro atoms. The van der Waals surface area contributed by atoms with Gasteiger partial charge in [0.15, 0.2) is 0 Å². The van der Waals surface area contributed by atoms with E-state index in [0.29, 0.717) is 35.1 Å². The lowest BCUT2D eigenvalue weighted by Crippen LogP contribution is -2.53. The Morgan fingerprint density at radius 3 is 2.52 bits per heavy atom. The molecule has 1 heterocycles. The number of amides is 1. The standard InChI is InChI=1S/C15H20Cl2N2O2/c1-10-13(16)7-11(8-14(10)17)15(21)19-5-4-18(2)12(9-19)3-6-20/h7-8,12,20H,3-6,9H2,1-2H3/t12-/m0/s1. The Morgan fingerprint density at radius 2 is 1.95 bits per heavy atom. The van der Waals surface area contributed by atoms with Gasteiger partial charge in [-0.1, -0.05) is 23.2 Å². The molecular formula is C15H20Cl2N2O2. The predicted octanol–water partition coefficient (Wildman–Crippen LogP) is 2.44. The molecule has 0 unspecified atom stereocenters. The van der Waals surface area contributed by atoms with Crippen LogP contribution in [-0.4, -0.2) is 60.1 Å². The number of carbonyl (C=O) groups excluding carboxylic acids is 1. The van der Waals surface area contributed by atoms with Gasteiger partial charge in [-0.2, -0.15) is 0 Å². The molecule has 1 aromatic carbocycles. The second-order valence-corrected chi connectivity index (χ2v) is 6.28. The maximum atomic E-state index is 12.6. The summed E-state index contributed by atoms with van der Waals surface area (Å²) in [6, 6.07) is 3.53. The van der Waals surface area contributed by atoms with Crippen molar-refractivity contribution in [3.8, 4) is 0 Å². The normalized spacial score (nSPS) is 19.9. The maximum Gasteiger partial charge on any atom is 0.254 e. The summed E-state index contributed by atoms with van der Waals surface area (Å²) in [5.74, 6) is -0.0603. The Balaban J connectivity index is 2.16. The monoisotopic (exact) mass is 330 g/mol. The van der Waals surface area contributed by atoms with Gasteiger partial charge in [0.25, 0.3) is 5.91 Å².